The lowest BCUT2D eigenvalue weighted by Gasteiger charge is -2.14. The Morgan fingerprint density at radius 2 is 2.25 bits per heavy atom. The molecule has 1 atom stereocenters. The van der Waals surface area contributed by atoms with Crippen molar-refractivity contribution in [2.24, 2.45) is 5.73 Å². The molecule has 0 aliphatic rings. The predicted octanol–water partition coefficient (Wildman–Crippen LogP) is 2.50. The molecule has 0 saturated carbocycles. The standard InChI is InChI=1S/C11H14BrNO2S/c1-7(14-2)6-15-10-4-3-8(12)5-9(10)11(13)16/h3-5,7H,6H2,1-2H3,(H2,13,16). The monoisotopic (exact) mass is 303 g/mol. The Balaban J connectivity index is 2.82. The summed E-state index contributed by atoms with van der Waals surface area (Å²) in [5, 5.41) is 0. The number of thiocarbonyl (C=S) groups is 1. The van der Waals surface area contributed by atoms with E-state index in [1.165, 1.54) is 0 Å². The number of halogens is 1. The van der Waals surface area contributed by atoms with Crippen LogP contribution in [-0.2, 0) is 4.74 Å². The van der Waals surface area contributed by atoms with Crippen LogP contribution in [0.15, 0.2) is 22.7 Å². The van der Waals surface area contributed by atoms with Crippen LogP contribution < -0.4 is 10.5 Å². The molecule has 5 heteroatoms. The van der Waals surface area contributed by atoms with Gasteiger partial charge in [0, 0.05) is 11.6 Å². The Hall–Kier alpha value is -0.650. The van der Waals surface area contributed by atoms with E-state index < -0.39 is 0 Å². The number of benzene rings is 1. The van der Waals surface area contributed by atoms with Gasteiger partial charge in [0.05, 0.1) is 11.7 Å². The van der Waals surface area contributed by atoms with Gasteiger partial charge in [-0.3, -0.25) is 0 Å². The third-order valence-electron chi connectivity index (χ3n) is 2.08. The summed E-state index contributed by atoms with van der Waals surface area (Å²) in [4.78, 5) is 0.321. The second-order valence-electron chi connectivity index (χ2n) is 3.36. The van der Waals surface area contributed by atoms with Crippen LogP contribution in [0.5, 0.6) is 5.75 Å². The van der Waals surface area contributed by atoms with Gasteiger partial charge in [-0.25, -0.2) is 0 Å². The van der Waals surface area contributed by atoms with E-state index in [0.29, 0.717) is 17.3 Å². The van der Waals surface area contributed by atoms with Crippen LogP contribution in [0, 0.1) is 0 Å². The molecule has 0 aromatic heterocycles. The minimum atomic E-state index is 0.0304. The van der Waals surface area contributed by atoms with Gasteiger partial charge in [-0.05, 0) is 25.1 Å². The fourth-order valence-electron chi connectivity index (χ4n) is 1.10. The first-order valence-electron chi connectivity index (χ1n) is 4.79. The summed E-state index contributed by atoms with van der Waals surface area (Å²) in [6, 6.07) is 5.56. The highest BCUT2D eigenvalue weighted by Gasteiger charge is 2.08. The molecule has 3 nitrogen and oxygen atoms in total. The van der Waals surface area contributed by atoms with Crippen molar-refractivity contribution in [3.8, 4) is 5.75 Å². The van der Waals surface area contributed by atoms with Gasteiger partial charge in [-0.2, -0.15) is 0 Å². The van der Waals surface area contributed by atoms with Crippen molar-refractivity contribution in [2.75, 3.05) is 13.7 Å². The summed E-state index contributed by atoms with van der Waals surface area (Å²) in [5.41, 5.74) is 6.35. The SMILES string of the molecule is COC(C)COc1ccc(Br)cc1C(N)=S. The van der Waals surface area contributed by atoms with Crippen molar-refractivity contribution >= 4 is 33.1 Å². The molecule has 0 aliphatic carbocycles. The van der Waals surface area contributed by atoms with Crippen molar-refractivity contribution in [3.05, 3.63) is 28.2 Å². The largest absolute Gasteiger partial charge is 0.490 e. The third kappa shape index (κ3) is 3.73. The number of hydrogen-bond donors (Lipinski definition) is 1. The van der Waals surface area contributed by atoms with E-state index in [1.54, 1.807) is 7.11 Å². The summed E-state index contributed by atoms with van der Waals surface area (Å²) in [6.07, 6.45) is 0.0304. The van der Waals surface area contributed by atoms with Gasteiger partial charge in [-0.1, -0.05) is 28.1 Å². The lowest BCUT2D eigenvalue weighted by molar-refractivity contribution is 0.0716. The van der Waals surface area contributed by atoms with Gasteiger partial charge in [0.15, 0.2) is 0 Å². The number of ether oxygens (including phenoxy) is 2. The van der Waals surface area contributed by atoms with Gasteiger partial charge in [-0.15, -0.1) is 0 Å². The molecule has 0 fully saturated rings. The highest BCUT2D eigenvalue weighted by Crippen LogP contribution is 2.23. The van der Waals surface area contributed by atoms with Crippen LogP contribution in [-0.4, -0.2) is 24.8 Å². The molecule has 16 heavy (non-hydrogen) atoms. The molecule has 1 rings (SSSR count). The van der Waals surface area contributed by atoms with E-state index in [0.717, 1.165) is 10.0 Å². The minimum absolute atomic E-state index is 0.0304. The quantitative estimate of drug-likeness (QED) is 0.849. The molecule has 0 saturated heterocycles. The van der Waals surface area contributed by atoms with Gasteiger partial charge >= 0.3 is 0 Å². The van der Waals surface area contributed by atoms with Crippen molar-refractivity contribution in [3.63, 3.8) is 0 Å². The summed E-state index contributed by atoms with van der Waals surface area (Å²) in [7, 11) is 1.64. The zero-order valence-electron chi connectivity index (χ0n) is 9.20. The second kappa shape index (κ2) is 6.18. The minimum Gasteiger partial charge on any atom is -0.490 e. The first-order valence-corrected chi connectivity index (χ1v) is 5.99. The molecule has 2 N–H and O–H groups in total. The molecule has 0 bridgehead atoms. The Bertz CT molecular complexity index is 384. The number of methoxy groups -OCH3 is 1. The highest BCUT2D eigenvalue weighted by atomic mass is 79.9. The van der Waals surface area contributed by atoms with E-state index in [9.17, 15) is 0 Å². The second-order valence-corrected chi connectivity index (χ2v) is 4.72. The Kier molecular flexibility index (Phi) is 5.18. The average Bonchev–Trinajstić information content (AvgIpc) is 2.26. The van der Waals surface area contributed by atoms with Crippen LogP contribution >= 0.6 is 28.1 Å². The van der Waals surface area contributed by atoms with E-state index in [4.69, 9.17) is 27.4 Å². The van der Waals surface area contributed by atoms with E-state index in [-0.39, 0.29) is 6.10 Å². The first-order chi connectivity index (χ1) is 7.54. The molecule has 0 amide bonds. The predicted molar refractivity (Wildman–Crippen MR) is 72.0 cm³/mol. The van der Waals surface area contributed by atoms with E-state index in [2.05, 4.69) is 15.9 Å². The summed E-state index contributed by atoms with van der Waals surface area (Å²) in [5.74, 6) is 0.680. The molecule has 1 unspecified atom stereocenters. The van der Waals surface area contributed by atoms with Crippen LogP contribution in [0.4, 0.5) is 0 Å². The third-order valence-corrected chi connectivity index (χ3v) is 2.80. The molecule has 0 radical (unpaired) electrons. The lowest BCUT2D eigenvalue weighted by Crippen LogP contribution is -2.18. The molecular weight excluding hydrogens is 290 g/mol. The van der Waals surface area contributed by atoms with Crippen molar-refractivity contribution < 1.29 is 9.47 Å². The molecule has 88 valence electrons. The fourth-order valence-corrected chi connectivity index (χ4v) is 1.62. The summed E-state index contributed by atoms with van der Waals surface area (Å²) in [6.45, 7) is 2.40. The maximum Gasteiger partial charge on any atom is 0.129 e. The normalized spacial score (nSPS) is 12.2. The van der Waals surface area contributed by atoms with E-state index >= 15 is 0 Å². The first kappa shape index (κ1) is 13.4. The maximum absolute atomic E-state index is 5.62. The van der Waals surface area contributed by atoms with Gasteiger partial charge in [0.1, 0.15) is 17.3 Å². The van der Waals surface area contributed by atoms with Crippen molar-refractivity contribution in [2.45, 2.75) is 13.0 Å². The highest BCUT2D eigenvalue weighted by molar-refractivity contribution is 9.10. The van der Waals surface area contributed by atoms with Crippen molar-refractivity contribution in [1.29, 1.82) is 0 Å². The molecule has 0 heterocycles. The number of hydrogen-bond acceptors (Lipinski definition) is 3. The Morgan fingerprint density at radius 1 is 1.56 bits per heavy atom. The van der Waals surface area contributed by atoms with Crippen LogP contribution in [0.3, 0.4) is 0 Å². The van der Waals surface area contributed by atoms with E-state index in [1.807, 2.05) is 25.1 Å². The van der Waals surface area contributed by atoms with Gasteiger partial charge in [0.25, 0.3) is 0 Å². The van der Waals surface area contributed by atoms with Crippen molar-refractivity contribution in [1.82, 2.24) is 0 Å². The average molecular weight is 304 g/mol. The summed E-state index contributed by atoms with van der Waals surface area (Å²) < 4.78 is 11.6. The topological polar surface area (TPSA) is 44.5 Å². The Labute approximate surface area is 109 Å². The molecular formula is C11H14BrNO2S. The smallest absolute Gasteiger partial charge is 0.129 e. The van der Waals surface area contributed by atoms with Crippen LogP contribution in [0.1, 0.15) is 12.5 Å². The van der Waals surface area contributed by atoms with Gasteiger partial charge in [0.2, 0.25) is 0 Å². The van der Waals surface area contributed by atoms with Crippen LogP contribution in [0.2, 0.25) is 0 Å². The lowest BCUT2D eigenvalue weighted by atomic mass is 10.2. The number of nitrogens with two attached hydrogens (primary N) is 1. The fraction of sp³-hybridized carbons (Fsp3) is 0.364. The number of rotatable bonds is 5. The zero-order chi connectivity index (χ0) is 12.1. The van der Waals surface area contributed by atoms with Crippen LogP contribution in [0.25, 0.3) is 0 Å². The molecule has 1 aromatic rings. The molecule has 0 aliphatic heterocycles. The summed E-state index contributed by atoms with van der Waals surface area (Å²) >= 11 is 8.33. The Morgan fingerprint density at radius 3 is 2.81 bits per heavy atom. The van der Waals surface area contributed by atoms with Gasteiger partial charge < -0.3 is 15.2 Å². The molecule has 0 spiro atoms. The molecule has 1 aromatic carbocycles. The maximum atomic E-state index is 5.62. The zero-order valence-corrected chi connectivity index (χ0v) is 11.6.